The fourth-order valence-corrected chi connectivity index (χ4v) is 5.40. The van der Waals surface area contributed by atoms with E-state index in [0.29, 0.717) is 18.1 Å². The van der Waals surface area contributed by atoms with Crippen molar-refractivity contribution in [3.63, 3.8) is 0 Å². The van der Waals surface area contributed by atoms with Crippen LogP contribution < -0.4 is 5.32 Å². The second-order valence-electron chi connectivity index (χ2n) is 6.89. The quantitative estimate of drug-likeness (QED) is 0.858. The SMILES string of the molecule is Cc1ccc(S(=O)(=O)N2CCC(c3nnc4n3CCNC4)CC2)cc1Cl. The molecule has 0 unspecified atom stereocenters. The highest BCUT2D eigenvalue weighted by Crippen LogP contribution is 2.31. The highest BCUT2D eigenvalue weighted by molar-refractivity contribution is 7.89. The minimum absolute atomic E-state index is 0.252. The van der Waals surface area contributed by atoms with E-state index in [1.54, 1.807) is 22.5 Å². The van der Waals surface area contributed by atoms with Crippen LogP contribution in [0, 0.1) is 6.92 Å². The van der Waals surface area contributed by atoms with Crippen LogP contribution in [0.5, 0.6) is 0 Å². The number of aryl methyl sites for hydroxylation is 1. The number of nitrogens with one attached hydrogen (secondary N) is 1. The van der Waals surface area contributed by atoms with Crippen LogP contribution in [0.4, 0.5) is 0 Å². The lowest BCUT2D eigenvalue weighted by Gasteiger charge is -2.31. The first kappa shape index (κ1) is 17.9. The molecule has 0 bridgehead atoms. The van der Waals surface area contributed by atoms with Crippen molar-refractivity contribution in [3.8, 4) is 0 Å². The van der Waals surface area contributed by atoms with Gasteiger partial charge in [-0.05, 0) is 37.5 Å². The van der Waals surface area contributed by atoms with Crippen molar-refractivity contribution < 1.29 is 8.42 Å². The molecule has 0 amide bonds. The Bertz CT molecular complexity index is 919. The number of benzene rings is 1. The van der Waals surface area contributed by atoms with Crippen LogP contribution in [-0.4, -0.2) is 47.1 Å². The first-order chi connectivity index (χ1) is 12.5. The molecule has 1 N–H and O–H groups in total. The summed E-state index contributed by atoms with van der Waals surface area (Å²) < 4.78 is 29.5. The average molecular weight is 396 g/mol. The molecule has 9 heteroatoms. The fourth-order valence-electron chi connectivity index (χ4n) is 3.65. The van der Waals surface area contributed by atoms with Gasteiger partial charge in [0.15, 0.2) is 0 Å². The standard InChI is InChI=1S/C17H22ClN5O2S/c1-12-2-3-14(10-15(12)18)26(24,25)22-7-4-13(5-8-22)17-21-20-16-11-19-6-9-23(16)17/h2-3,10,13,19H,4-9,11H2,1H3. The second kappa shape index (κ2) is 6.92. The highest BCUT2D eigenvalue weighted by atomic mass is 35.5. The molecule has 0 aliphatic carbocycles. The van der Waals surface area contributed by atoms with Crippen LogP contribution in [0.25, 0.3) is 0 Å². The number of nitrogens with zero attached hydrogens (tertiary/aromatic N) is 4. The average Bonchev–Trinajstić information content (AvgIpc) is 3.08. The minimum Gasteiger partial charge on any atom is -0.312 e. The predicted molar refractivity (Wildman–Crippen MR) is 98.7 cm³/mol. The fraction of sp³-hybridized carbons (Fsp3) is 0.529. The molecule has 140 valence electrons. The van der Waals surface area contributed by atoms with Gasteiger partial charge in [-0.1, -0.05) is 17.7 Å². The predicted octanol–water partition coefficient (Wildman–Crippen LogP) is 1.91. The van der Waals surface area contributed by atoms with Gasteiger partial charge in [0.25, 0.3) is 0 Å². The molecular weight excluding hydrogens is 374 g/mol. The van der Waals surface area contributed by atoms with Gasteiger partial charge in [0.05, 0.1) is 11.4 Å². The van der Waals surface area contributed by atoms with Crippen molar-refractivity contribution in [3.05, 3.63) is 40.4 Å². The van der Waals surface area contributed by atoms with Gasteiger partial charge >= 0.3 is 0 Å². The Morgan fingerprint density at radius 2 is 1.96 bits per heavy atom. The molecule has 1 aromatic heterocycles. The monoisotopic (exact) mass is 395 g/mol. The molecule has 2 aromatic rings. The van der Waals surface area contributed by atoms with Gasteiger partial charge in [0.1, 0.15) is 11.6 Å². The van der Waals surface area contributed by atoms with Crippen molar-refractivity contribution in [2.45, 2.75) is 43.7 Å². The molecule has 26 heavy (non-hydrogen) atoms. The van der Waals surface area contributed by atoms with E-state index in [-0.39, 0.29) is 10.8 Å². The lowest BCUT2D eigenvalue weighted by molar-refractivity contribution is 0.307. The molecule has 3 heterocycles. The molecule has 0 atom stereocenters. The molecule has 7 nitrogen and oxygen atoms in total. The first-order valence-corrected chi connectivity index (χ1v) is 10.7. The molecule has 0 spiro atoms. The third kappa shape index (κ3) is 3.15. The van der Waals surface area contributed by atoms with Crippen molar-refractivity contribution in [2.75, 3.05) is 19.6 Å². The highest BCUT2D eigenvalue weighted by Gasteiger charge is 2.32. The van der Waals surface area contributed by atoms with Crippen molar-refractivity contribution in [1.82, 2.24) is 24.4 Å². The van der Waals surface area contributed by atoms with Crippen LogP contribution in [0.15, 0.2) is 23.1 Å². The number of piperidine rings is 1. The minimum atomic E-state index is -3.51. The van der Waals surface area contributed by atoms with E-state index in [9.17, 15) is 8.42 Å². The van der Waals surface area contributed by atoms with Gasteiger partial charge in [0.2, 0.25) is 10.0 Å². The topological polar surface area (TPSA) is 80.1 Å². The molecule has 1 aromatic carbocycles. The maximum atomic E-state index is 12.9. The van der Waals surface area contributed by atoms with E-state index in [1.165, 1.54) is 0 Å². The summed E-state index contributed by atoms with van der Waals surface area (Å²) in [5.41, 5.74) is 0.871. The number of sulfonamides is 1. The van der Waals surface area contributed by atoms with E-state index < -0.39 is 10.0 Å². The number of hydrogen-bond acceptors (Lipinski definition) is 5. The van der Waals surface area contributed by atoms with E-state index >= 15 is 0 Å². The van der Waals surface area contributed by atoms with E-state index in [2.05, 4.69) is 20.1 Å². The zero-order valence-corrected chi connectivity index (χ0v) is 16.2. The van der Waals surface area contributed by atoms with Crippen LogP contribution in [0.1, 0.15) is 36.0 Å². The molecule has 2 aliphatic rings. The van der Waals surface area contributed by atoms with Gasteiger partial charge in [0, 0.05) is 37.1 Å². The maximum Gasteiger partial charge on any atom is 0.243 e. The van der Waals surface area contributed by atoms with E-state index in [1.807, 2.05) is 6.92 Å². The lowest BCUT2D eigenvalue weighted by atomic mass is 9.97. The zero-order valence-electron chi connectivity index (χ0n) is 14.7. The third-order valence-electron chi connectivity index (χ3n) is 5.25. The van der Waals surface area contributed by atoms with Crippen LogP contribution >= 0.6 is 11.6 Å². The number of fused-ring (bicyclic) bond motifs is 1. The summed E-state index contributed by atoms with van der Waals surface area (Å²) in [5, 5.41) is 12.4. The number of halogens is 1. The van der Waals surface area contributed by atoms with Crippen LogP contribution in [0.2, 0.25) is 5.02 Å². The molecule has 4 rings (SSSR count). The molecule has 1 saturated heterocycles. The summed E-state index contributed by atoms with van der Waals surface area (Å²) in [6.45, 7) is 5.36. The summed E-state index contributed by atoms with van der Waals surface area (Å²) in [4.78, 5) is 0.262. The van der Waals surface area contributed by atoms with Gasteiger partial charge in [-0.2, -0.15) is 4.31 Å². The van der Waals surface area contributed by atoms with Crippen molar-refractivity contribution >= 4 is 21.6 Å². The van der Waals surface area contributed by atoms with Crippen LogP contribution in [0.3, 0.4) is 0 Å². The second-order valence-corrected chi connectivity index (χ2v) is 9.24. The molecule has 1 fully saturated rings. The maximum absolute atomic E-state index is 12.9. The smallest absolute Gasteiger partial charge is 0.243 e. The summed E-state index contributed by atoms with van der Waals surface area (Å²) in [7, 11) is -3.51. The van der Waals surface area contributed by atoms with E-state index in [4.69, 9.17) is 11.6 Å². The van der Waals surface area contributed by atoms with Crippen molar-refractivity contribution in [1.29, 1.82) is 0 Å². The number of rotatable bonds is 3. The lowest BCUT2D eigenvalue weighted by Crippen LogP contribution is -2.38. The normalized spacial score (nSPS) is 19.5. The summed E-state index contributed by atoms with van der Waals surface area (Å²) >= 11 is 6.11. The molecule has 2 aliphatic heterocycles. The first-order valence-electron chi connectivity index (χ1n) is 8.86. The molecular formula is C17H22ClN5O2S. The Morgan fingerprint density at radius 3 is 2.69 bits per heavy atom. The third-order valence-corrected chi connectivity index (χ3v) is 7.55. The Kier molecular flexibility index (Phi) is 4.77. The van der Waals surface area contributed by atoms with Gasteiger partial charge < -0.3 is 9.88 Å². The largest absolute Gasteiger partial charge is 0.312 e. The van der Waals surface area contributed by atoms with Crippen LogP contribution in [-0.2, 0) is 23.1 Å². The van der Waals surface area contributed by atoms with E-state index in [0.717, 1.165) is 49.7 Å². The summed E-state index contributed by atoms with van der Waals surface area (Å²) in [6.07, 6.45) is 1.51. The van der Waals surface area contributed by atoms with Crippen molar-refractivity contribution in [2.24, 2.45) is 0 Å². The Labute approximate surface area is 158 Å². The number of aromatic nitrogens is 3. The zero-order chi connectivity index (χ0) is 18.3. The van der Waals surface area contributed by atoms with Gasteiger partial charge in [-0.3, -0.25) is 0 Å². The molecule has 0 saturated carbocycles. The summed E-state index contributed by atoms with van der Waals surface area (Å²) in [5.74, 6) is 2.22. The summed E-state index contributed by atoms with van der Waals surface area (Å²) in [6, 6.07) is 4.92. The Balaban J connectivity index is 1.49. The number of hydrogen-bond donors (Lipinski definition) is 1. The Hall–Kier alpha value is -1.48. The Morgan fingerprint density at radius 1 is 1.19 bits per heavy atom. The molecule has 0 radical (unpaired) electrons. The van der Waals surface area contributed by atoms with Gasteiger partial charge in [-0.15, -0.1) is 10.2 Å². The van der Waals surface area contributed by atoms with Gasteiger partial charge in [-0.25, -0.2) is 8.42 Å².